The summed E-state index contributed by atoms with van der Waals surface area (Å²) >= 11 is 3.38. The summed E-state index contributed by atoms with van der Waals surface area (Å²) in [6.07, 6.45) is 4.87. The zero-order chi connectivity index (χ0) is 14.3. The first-order chi connectivity index (χ1) is 10.3. The first-order valence-electron chi connectivity index (χ1n) is 7.83. The van der Waals surface area contributed by atoms with Crippen molar-refractivity contribution in [1.82, 2.24) is 4.90 Å². The molecule has 21 heavy (non-hydrogen) atoms. The van der Waals surface area contributed by atoms with Crippen LogP contribution in [0.4, 0.5) is 0 Å². The predicted molar refractivity (Wildman–Crippen MR) is 89.0 cm³/mol. The van der Waals surface area contributed by atoms with Gasteiger partial charge in [0.05, 0.1) is 0 Å². The van der Waals surface area contributed by atoms with Crippen molar-refractivity contribution in [3.8, 4) is 0 Å². The van der Waals surface area contributed by atoms with Crippen LogP contribution in [0.1, 0.15) is 35.4 Å². The average Bonchev–Trinajstić information content (AvgIpc) is 3.27. The second-order valence-electron chi connectivity index (χ2n) is 6.27. The number of rotatable bonds is 3. The standard InChI is InChI=1S/C17H21NOS2/c19-17(15-5-2-10-20-15,16-6-3-11-21-16)13-7-9-18-8-1-4-14(18)12-13/h2-3,5-6,10-11,13-14,19H,1,4,7-9,12H2. The van der Waals surface area contributed by atoms with Gasteiger partial charge in [0.2, 0.25) is 0 Å². The number of hydrogen-bond acceptors (Lipinski definition) is 4. The molecule has 2 fully saturated rings. The summed E-state index contributed by atoms with van der Waals surface area (Å²) in [4.78, 5) is 4.85. The quantitative estimate of drug-likeness (QED) is 0.927. The van der Waals surface area contributed by atoms with Crippen molar-refractivity contribution in [3.05, 3.63) is 44.8 Å². The van der Waals surface area contributed by atoms with Crippen LogP contribution in [-0.2, 0) is 5.60 Å². The molecule has 0 aliphatic carbocycles. The zero-order valence-electron chi connectivity index (χ0n) is 12.1. The molecule has 4 heterocycles. The number of nitrogens with zero attached hydrogens (tertiary/aromatic N) is 1. The monoisotopic (exact) mass is 319 g/mol. The van der Waals surface area contributed by atoms with Crippen molar-refractivity contribution in [1.29, 1.82) is 0 Å². The van der Waals surface area contributed by atoms with Gasteiger partial charge in [0, 0.05) is 21.7 Å². The Kier molecular flexibility index (Phi) is 3.66. The molecule has 2 aliphatic rings. The molecule has 2 aliphatic heterocycles. The van der Waals surface area contributed by atoms with Gasteiger partial charge in [0.25, 0.3) is 0 Å². The summed E-state index contributed by atoms with van der Waals surface area (Å²) in [5.74, 6) is 0.342. The van der Waals surface area contributed by atoms with Crippen LogP contribution in [0.2, 0.25) is 0 Å². The Morgan fingerprint density at radius 3 is 2.38 bits per heavy atom. The van der Waals surface area contributed by atoms with Gasteiger partial charge in [-0.05, 0) is 61.7 Å². The molecule has 0 aromatic carbocycles. The van der Waals surface area contributed by atoms with E-state index in [1.165, 1.54) is 19.4 Å². The molecule has 2 nitrogen and oxygen atoms in total. The van der Waals surface area contributed by atoms with Crippen molar-refractivity contribution >= 4 is 22.7 Å². The smallest absolute Gasteiger partial charge is 0.136 e. The van der Waals surface area contributed by atoms with E-state index < -0.39 is 5.60 Å². The van der Waals surface area contributed by atoms with Crippen LogP contribution >= 0.6 is 22.7 Å². The molecule has 2 atom stereocenters. The number of hydrogen-bond donors (Lipinski definition) is 1. The summed E-state index contributed by atoms with van der Waals surface area (Å²) in [5, 5.41) is 15.8. The molecule has 4 heteroatoms. The Balaban J connectivity index is 1.70. The highest BCUT2D eigenvalue weighted by Crippen LogP contribution is 2.47. The Morgan fingerprint density at radius 2 is 1.76 bits per heavy atom. The third-order valence-corrected chi connectivity index (χ3v) is 7.19. The highest BCUT2D eigenvalue weighted by molar-refractivity contribution is 7.11. The van der Waals surface area contributed by atoms with Gasteiger partial charge in [0.15, 0.2) is 0 Å². The van der Waals surface area contributed by atoms with Gasteiger partial charge >= 0.3 is 0 Å². The SMILES string of the molecule is OC(c1cccs1)(c1cccs1)C1CCN2CCCC2C1. The zero-order valence-corrected chi connectivity index (χ0v) is 13.7. The predicted octanol–water partition coefficient (Wildman–Crippen LogP) is 3.92. The average molecular weight is 319 g/mol. The molecule has 2 unspecified atom stereocenters. The number of piperidine rings is 1. The molecule has 2 aromatic heterocycles. The maximum Gasteiger partial charge on any atom is 0.136 e. The van der Waals surface area contributed by atoms with Crippen LogP contribution in [0.25, 0.3) is 0 Å². The Bertz CT molecular complexity index is 544. The maximum absolute atomic E-state index is 11.7. The first kappa shape index (κ1) is 13.9. The maximum atomic E-state index is 11.7. The van der Waals surface area contributed by atoms with Gasteiger partial charge in [-0.2, -0.15) is 0 Å². The molecule has 112 valence electrons. The minimum atomic E-state index is -0.781. The highest BCUT2D eigenvalue weighted by Gasteiger charge is 2.46. The lowest BCUT2D eigenvalue weighted by molar-refractivity contribution is -0.0179. The lowest BCUT2D eigenvalue weighted by atomic mass is 9.76. The Labute approximate surface area is 134 Å². The Morgan fingerprint density at radius 1 is 1.05 bits per heavy atom. The van der Waals surface area contributed by atoms with Gasteiger partial charge in [-0.1, -0.05) is 12.1 Å². The summed E-state index contributed by atoms with van der Waals surface area (Å²) < 4.78 is 0. The lowest BCUT2D eigenvalue weighted by Crippen LogP contribution is -2.46. The van der Waals surface area contributed by atoms with E-state index in [1.807, 2.05) is 0 Å². The van der Waals surface area contributed by atoms with Crippen LogP contribution < -0.4 is 0 Å². The van der Waals surface area contributed by atoms with Crippen molar-refractivity contribution in [2.75, 3.05) is 13.1 Å². The van der Waals surface area contributed by atoms with Crippen molar-refractivity contribution in [2.45, 2.75) is 37.3 Å². The molecule has 0 bridgehead atoms. The topological polar surface area (TPSA) is 23.5 Å². The van der Waals surface area contributed by atoms with Crippen molar-refractivity contribution in [2.24, 2.45) is 5.92 Å². The van der Waals surface area contributed by atoms with Crippen LogP contribution in [0.15, 0.2) is 35.0 Å². The summed E-state index contributed by atoms with van der Waals surface area (Å²) in [7, 11) is 0. The summed E-state index contributed by atoms with van der Waals surface area (Å²) in [6.45, 7) is 2.40. The third kappa shape index (κ3) is 2.29. The minimum Gasteiger partial charge on any atom is -0.378 e. The van der Waals surface area contributed by atoms with Gasteiger partial charge in [-0.15, -0.1) is 22.7 Å². The van der Waals surface area contributed by atoms with Crippen LogP contribution in [0, 0.1) is 5.92 Å². The highest BCUT2D eigenvalue weighted by atomic mass is 32.1. The minimum absolute atomic E-state index is 0.342. The summed E-state index contributed by atoms with van der Waals surface area (Å²) in [6, 6.07) is 9.01. The largest absolute Gasteiger partial charge is 0.378 e. The Hall–Kier alpha value is -0.680. The van der Waals surface area contributed by atoms with Gasteiger partial charge in [0.1, 0.15) is 5.60 Å². The fourth-order valence-corrected chi connectivity index (χ4v) is 6.02. The van der Waals surface area contributed by atoms with Gasteiger partial charge in [-0.3, -0.25) is 0 Å². The molecule has 2 saturated heterocycles. The lowest BCUT2D eigenvalue weighted by Gasteiger charge is -2.42. The second kappa shape index (κ2) is 5.51. The second-order valence-corrected chi connectivity index (χ2v) is 8.17. The van der Waals surface area contributed by atoms with E-state index in [4.69, 9.17) is 0 Å². The molecule has 4 rings (SSSR count). The van der Waals surface area contributed by atoms with E-state index in [2.05, 4.69) is 39.9 Å². The van der Waals surface area contributed by atoms with Crippen LogP contribution in [0.5, 0.6) is 0 Å². The number of aliphatic hydroxyl groups is 1. The molecular formula is C17H21NOS2. The van der Waals surface area contributed by atoms with Crippen LogP contribution in [0.3, 0.4) is 0 Å². The van der Waals surface area contributed by atoms with Gasteiger partial charge in [-0.25, -0.2) is 0 Å². The molecule has 0 spiro atoms. The van der Waals surface area contributed by atoms with E-state index >= 15 is 0 Å². The van der Waals surface area contributed by atoms with E-state index in [0.717, 1.165) is 29.1 Å². The molecule has 0 amide bonds. The molecule has 1 N–H and O–H groups in total. The molecule has 0 radical (unpaired) electrons. The van der Waals surface area contributed by atoms with E-state index in [0.29, 0.717) is 12.0 Å². The van der Waals surface area contributed by atoms with E-state index in [-0.39, 0.29) is 0 Å². The fourth-order valence-electron chi connectivity index (χ4n) is 4.12. The third-order valence-electron chi connectivity index (χ3n) is 5.20. The van der Waals surface area contributed by atoms with Crippen molar-refractivity contribution < 1.29 is 5.11 Å². The number of fused-ring (bicyclic) bond motifs is 1. The van der Waals surface area contributed by atoms with E-state index in [1.54, 1.807) is 22.7 Å². The molecular weight excluding hydrogens is 298 g/mol. The van der Waals surface area contributed by atoms with Gasteiger partial charge < -0.3 is 10.0 Å². The van der Waals surface area contributed by atoms with Crippen LogP contribution in [-0.4, -0.2) is 29.1 Å². The fraction of sp³-hybridized carbons (Fsp3) is 0.529. The normalized spacial score (nSPS) is 26.9. The molecule has 2 aromatic rings. The first-order valence-corrected chi connectivity index (χ1v) is 9.59. The molecule has 0 saturated carbocycles. The van der Waals surface area contributed by atoms with Crippen molar-refractivity contribution in [3.63, 3.8) is 0 Å². The van der Waals surface area contributed by atoms with E-state index in [9.17, 15) is 5.11 Å². The summed E-state index contributed by atoms with van der Waals surface area (Å²) in [5.41, 5.74) is -0.781. The number of thiophene rings is 2.